The van der Waals surface area contributed by atoms with Crippen LogP contribution in [0.4, 0.5) is 0 Å². The lowest BCUT2D eigenvalue weighted by atomic mass is 10.3. The predicted molar refractivity (Wildman–Crippen MR) is 95.9 cm³/mol. The molecule has 0 aliphatic rings. The van der Waals surface area contributed by atoms with E-state index in [0.717, 1.165) is 0 Å². The number of phenolic OH excluding ortho intramolecular Hbond substituents is 2. The van der Waals surface area contributed by atoms with Crippen LogP contribution in [0.15, 0.2) is 87.5 Å². The molecule has 3 aromatic carbocycles. The van der Waals surface area contributed by atoms with Gasteiger partial charge in [-0.2, -0.15) is 8.42 Å². The Labute approximate surface area is 156 Å². The van der Waals surface area contributed by atoms with Crippen LogP contribution in [0.1, 0.15) is 0 Å². The summed E-state index contributed by atoms with van der Waals surface area (Å²) in [7, 11) is -7.94. The fraction of sp³-hybridized carbons (Fsp3) is 0. The number of hydrogen-bond donors (Lipinski definition) is 2. The minimum Gasteiger partial charge on any atom is -0.508 e. The molecule has 0 saturated heterocycles. The normalized spacial score (nSPS) is 11.9. The molecule has 0 bridgehead atoms. The van der Waals surface area contributed by atoms with Crippen LogP contribution in [-0.2, 0) is 20.0 Å². The highest BCUT2D eigenvalue weighted by molar-refractivity contribution is 7.91. The van der Waals surface area contributed by atoms with E-state index in [1.807, 2.05) is 0 Å². The highest BCUT2D eigenvalue weighted by atomic mass is 32.2. The van der Waals surface area contributed by atoms with E-state index in [-0.39, 0.29) is 31.9 Å². The topological polar surface area (TPSA) is 118 Å². The Bertz CT molecular complexity index is 1150. The summed E-state index contributed by atoms with van der Waals surface area (Å²) >= 11 is 0. The van der Waals surface area contributed by atoms with E-state index in [1.165, 1.54) is 72.8 Å². The summed E-state index contributed by atoms with van der Waals surface area (Å²) in [5.41, 5.74) is 0. The average molecular weight is 406 g/mol. The van der Waals surface area contributed by atoms with Crippen LogP contribution in [0.2, 0.25) is 0 Å². The second-order valence-corrected chi connectivity index (χ2v) is 9.00. The van der Waals surface area contributed by atoms with Crippen molar-refractivity contribution in [2.75, 3.05) is 0 Å². The summed E-state index contributed by atoms with van der Waals surface area (Å²) in [6, 6.07) is 14.8. The molecule has 27 heavy (non-hydrogen) atoms. The Morgan fingerprint density at radius 3 is 1.37 bits per heavy atom. The highest BCUT2D eigenvalue weighted by Crippen LogP contribution is 2.26. The van der Waals surface area contributed by atoms with Crippen molar-refractivity contribution in [2.24, 2.45) is 0 Å². The standard InChI is InChI=1S/C18H14O7S2/c19-13-1-7-16(8-2-13)26(21,22)17-11-5-15(6-12-17)25-27(23,24)18-9-3-14(20)4-10-18/h1-12,19-20H. The molecule has 0 spiro atoms. The monoisotopic (exact) mass is 406 g/mol. The molecular formula is C18H14O7S2. The molecular weight excluding hydrogens is 392 g/mol. The van der Waals surface area contributed by atoms with Gasteiger partial charge in [0.15, 0.2) is 0 Å². The van der Waals surface area contributed by atoms with Gasteiger partial charge < -0.3 is 14.4 Å². The quantitative estimate of drug-likeness (QED) is 0.626. The molecule has 0 aromatic heterocycles. The van der Waals surface area contributed by atoms with Gasteiger partial charge >= 0.3 is 10.1 Å². The Hall–Kier alpha value is -3.04. The third-order valence-corrected chi connectivity index (χ3v) is 6.66. The fourth-order valence-electron chi connectivity index (χ4n) is 2.22. The van der Waals surface area contributed by atoms with Crippen LogP contribution in [0.5, 0.6) is 17.2 Å². The molecule has 0 heterocycles. The third kappa shape index (κ3) is 4.04. The second-order valence-electron chi connectivity index (χ2n) is 5.50. The zero-order chi connectivity index (χ0) is 19.7. The Morgan fingerprint density at radius 1 is 0.556 bits per heavy atom. The first kappa shape index (κ1) is 18.7. The third-order valence-electron chi connectivity index (χ3n) is 3.61. The molecule has 0 aliphatic carbocycles. The molecule has 0 aliphatic heterocycles. The minimum absolute atomic E-state index is 0.00863. The van der Waals surface area contributed by atoms with Gasteiger partial charge in [0.05, 0.1) is 9.79 Å². The Morgan fingerprint density at radius 2 is 0.926 bits per heavy atom. The van der Waals surface area contributed by atoms with Crippen molar-refractivity contribution < 1.29 is 31.2 Å². The lowest BCUT2D eigenvalue weighted by Gasteiger charge is -2.09. The highest BCUT2D eigenvalue weighted by Gasteiger charge is 2.20. The molecule has 0 amide bonds. The van der Waals surface area contributed by atoms with Crippen molar-refractivity contribution in [3.63, 3.8) is 0 Å². The Balaban J connectivity index is 1.85. The lowest BCUT2D eigenvalue weighted by Crippen LogP contribution is -2.09. The lowest BCUT2D eigenvalue weighted by molar-refractivity contribution is 0.473. The van der Waals surface area contributed by atoms with Gasteiger partial charge in [0.2, 0.25) is 9.84 Å². The number of hydrogen-bond acceptors (Lipinski definition) is 7. The second kappa shape index (κ2) is 6.93. The first-order valence-corrected chi connectivity index (χ1v) is 10.5. The van der Waals surface area contributed by atoms with Crippen LogP contribution in [-0.4, -0.2) is 27.0 Å². The first-order valence-electron chi connectivity index (χ1n) is 7.56. The van der Waals surface area contributed by atoms with Crippen LogP contribution in [0, 0.1) is 0 Å². The van der Waals surface area contributed by atoms with Gasteiger partial charge in [0.25, 0.3) is 0 Å². The number of sulfone groups is 1. The molecule has 3 rings (SSSR count). The summed E-state index contributed by atoms with van der Waals surface area (Å²) in [6.07, 6.45) is 0. The van der Waals surface area contributed by atoms with Crippen molar-refractivity contribution >= 4 is 20.0 Å². The van der Waals surface area contributed by atoms with Gasteiger partial charge in [-0.3, -0.25) is 0 Å². The number of benzene rings is 3. The fourth-order valence-corrected chi connectivity index (χ4v) is 4.41. The average Bonchev–Trinajstić information content (AvgIpc) is 2.62. The van der Waals surface area contributed by atoms with Crippen molar-refractivity contribution in [1.29, 1.82) is 0 Å². The van der Waals surface area contributed by atoms with E-state index in [1.54, 1.807) is 0 Å². The molecule has 0 saturated carbocycles. The van der Waals surface area contributed by atoms with Crippen LogP contribution < -0.4 is 4.18 Å². The molecule has 0 radical (unpaired) electrons. The molecule has 140 valence electrons. The molecule has 0 atom stereocenters. The van der Waals surface area contributed by atoms with Crippen molar-refractivity contribution in [3.8, 4) is 17.2 Å². The van der Waals surface area contributed by atoms with Crippen molar-refractivity contribution in [1.82, 2.24) is 0 Å². The van der Waals surface area contributed by atoms with Crippen LogP contribution >= 0.6 is 0 Å². The zero-order valence-electron chi connectivity index (χ0n) is 13.7. The molecule has 3 aromatic rings. The largest absolute Gasteiger partial charge is 0.508 e. The smallest absolute Gasteiger partial charge is 0.339 e. The van der Waals surface area contributed by atoms with E-state index < -0.39 is 20.0 Å². The number of phenols is 2. The minimum atomic E-state index is -4.12. The van der Waals surface area contributed by atoms with Gasteiger partial charge in [0, 0.05) is 0 Å². The van der Waals surface area contributed by atoms with Gasteiger partial charge in [-0.25, -0.2) is 8.42 Å². The maximum absolute atomic E-state index is 12.5. The van der Waals surface area contributed by atoms with Crippen molar-refractivity contribution in [2.45, 2.75) is 14.7 Å². The van der Waals surface area contributed by atoms with Gasteiger partial charge in [-0.15, -0.1) is 0 Å². The van der Waals surface area contributed by atoms with Gasteiger partial charge in [-0.05, 0) is 72.8 Å². The van der Waals surface area contributed by atoms with E-state index in [4.69, 9.17) is 4.18 Å². The van der Waals surface area contributed by atoms with Crippen LogP contribution in [0.3, 0.4) is 0 Å². The predicted octanol–water partition coefficient (Wildman–Crippen LogP) is 2.70. The summed E-state index contributed by atoms with van der Waals surface area (Å²) in [6.45, 7) is 0. The summed E-state index contributed by atoms with van der Waals surface area (Å²) in [5.74, 6) is -0.206. The molecule has 0 unspecified atom stereocenters. The summed E-state index contributed by atoms with van der Waals surface area (Å²) in [5, 5.41) is 18.5. The maximum atomic E-state index is 12.5. The SMILES string of the molecule is O=S(=O)(Oc1ccc(S(=O)(=O)c2ccc(O)cc2)cc1)c1ccc(O)cc1. The molecule has 9 heteroatoms. The van der Waals surface area contributed by atoms with Gasteiger partial charge in [0.1, 0.15) is 22.1 Å². The van der Waals surface area contributed by atoms with E-state index in [9.17, 15) is 27.0 Å². The molecule has 2 N–H and O–H groups in total. The summed E-state index contributed by atoms with van der Waals surface area (Å²) in [4.78, 5) is -0.214. The molecule has 0 fully saturated rings. The van der Waals surface area contributed by atoms with Crippen LogP contribution in [0.25, 0.3) is 0 Å². The summed E-state index contributed by atoms with van der Waals surface area (Å²) < 4.78 is 54.4. The molecule has 7 nitrogen and oxygen atoms in total. The maximum Gasteiger partial charge on any atom is 0.339 e. The van der Waals surface area contributed by atoms with Crippen molar-refractivity contribution in [3.05, 3.63) is 72.8 Å². The van der Waals surface area contributed by atoms with E-state index in [0.29, 0.717) is 0 Å². The van der Waals surface area contributed by atoms with E-state index >= 15 is 0 Å². The van der Waals surface area contributed by atoms with Gasteiger partial charge in [-0.1, -0.05) is 0 Å². The Kier molecular flexibility index (Phi) is 4.81. The number of rotatable bonds is 5. The zero-order valence-corrected chi connectivity index (χ0v) is 15.3. The van der Waals surface area contributed by atoms with E-state index in [2.05, 4.69) is 0 Å². The first-order chi connectivity index (χ1) is 12.7. The number of aromatic hydroxyl groups is 2.